The van der Waals surface area contributed by atoms with Gasteiger partial charge in [-0.2, -0.15) is 0 Å². The van der Waals surface area contributed by atoms with Crippen LogP contribution in [-0.4, -0.2) is 71.6 Å². The Hall–Kier alpha value is -1.20. The van der Waals surface area contributed by atoms with E-state index in [2.05, 4.69) is 31.6 Å². The van der Waals surface area contributed by atoms with Gasteiger partial charge in [0.15, 0.2) is 0 Å². The quantitative estimate of drug-likeness (QED) is 0.800. The lowest BCUT2D eigenvalue weighted by atomic mass is 10.2. The predicted octanol–water partition coefficient (Wildman–Crippen LogP) is 0.693. The molecule has 0 bridgehead atoms. The molecule has 2 saturated heterocycles. The van der Waals surface area contributed by atoms with Crippen LogP contribution < -0.4 is 4.90 Å². The summed E-state index contributed by atoms with van der Waals surface area (Å²) in [7, 11) is 0. The lowest BCUT2D eigenvalue weighted by Crippen LogP contribution is -2.50. The van der Waals surface area contributed by atoms with Crippen molar-refractivity contribution in [2.45, 2.75) is 19.4 Å². The smallest absolute Gasteiger partial charge is 0.225 e. The van der Waals surface area contributed by atoms with Crippen molar-refractivity contribution in [2.75, 3.05) is 50.7 Å². The molecule has 1 aromatic heterocycles. The van der Waals surface area contributed by atoms with Crippen molar-refractivity contribution in [3.8, 4) is 0 Å². The minimum absolute atomic E-state index is 0.683. The average Bonchev–Trinajstić information content (AvgIpc) is 2.98. The maximum Gasteiger partial charge on any atom is 0.225 e. The molecule has 3 heterocycles. The van der Waals surface area contributed by atoms with E-state index in [9.17, 15) is 0 Å². The van der Waals surface area contributed by atoms with E-state index < -0.39 is 0 Å². The SMILES string of the molecule is CCN1CCN(C2CCN(c3ncccn3)C2)CC1. The Kier molecular flexibility index (Phi) is 3.94. The highest BCUT2D eigenvalue weighted by Gasteiger charge is 2.30. The van der Waals surface area contributed by atoms with Crippen LogP contribution in [0, 0.1) is 0 Å². The van der Waals surface area contributed by atoms with E-state index in [-0.39, 0.29) is 0 Å². The van der Waals surface area contributed by atoms with Gasteiger partial charge in [-0.1, -0.05) is 6.92 Å². The molecule has 1 unspecified atom stereocenters. The maximum atomic E-state index is 4.35. The van der Waals surface area contributed by atoms with Gasteiger partial charge in [-0.05, 0) is 19.0 Å². The zero-order valence-electron chi connectivity index (χ0n) is 11.7. The number of piperazine rings is 1. The van der Waals surface area contributed by atoms with Crippen molar-refractivity contribution in [1.82, 2.24) is 19.8 Å². The first-order chi connectivity index (χ1) is 9.36. The summed E-state index contributed by atoms with van der Waals surface area (Å²) in [5.41, 5.74) is 0. The molecule has 0 amide bonds. The molecule has 0 saturated carbocycles. The predicted molar refractivity (Wildman–Crippen MR) is 76.3 cm³/mol. The Morgan fingerprint density at radius 2 is 1.84 bits per heavy atom. The highest BCUT2D eigenvalue weighted by molar-refractivity contribution is 5.31. The molecule has 2 aliphatic heterocycles. The van der Waals surface area contributed by atoms with E-state index in [1.165, 1.54) is 39.1 Å². The van der Waals surface area contributed by atoms with E-state index in [0.29, 0.717) is 6.04 Å². The molecule has 104 valence electrons. The number of nitrogens with zero attached hydrogens (tertiary/aromatic N) is 5. The molecule has 0 aromatic carbocycles. The fourth-order valence-electron chi connectivity index (χ4n) is 3.12. The zero-order valence-corrected chi connectivity index (χ0v) is 11.7. The number of hydrogen-bond donors (Lipinski definition) is 0. The van der Waals surface area contributed by atoms with E-state index in [4.69, 9.17) is 0 Å². The molecule has 3 rings (SSSR count). The second kappa shape index (κ2) is 5.84. The van der Waals surface area contributed by atoms with Crippen LogP contribution in [0.2, 0.25) is 0 Å². The first-order valence-corrected chi connectivity index (χ1v) is 7.35. The third-order valence-electron chi connectivity index (χ3n) is 4.37. The van der Waals surface area contributed by atoms with Crippen molar-refractivity contribution in [3.05, 3.63) is 18.5 Å². The van der Waals surface area contributed by atoms with Crippen LogP contribution in [-0.2, 0) is 0 Å². The minimum atomic E-state index is 0.683. The molecule has 1 aromatic rings. The summed E-state index contributed by atoms with van der Waals surface area (Å²) in [6.07, 6.45) is 4.90. The van der Waals surface area contributed by atoms with Gasteiger partial charge in [-0.25, -0.2) is 9.97 Å². The average molecular weight is 261 g/mol. The fraction of sp³-hybridized carbons (Fsp3) is 0.714. The van der Waals surface area contributed by atoms with Crippen molar-refractivity contribution in [3.63, 3.8) is 0 Å². The van der Waals surface area contributed by atoms with Gasteiger partial charge in [0.1, 0.15) is 0 Å². The van der Waals surface area contributed by atoms with Crippen LogP contribution in [0.15, 0.2) is 18.5 Å². The molecule has 2 aliphatic rings. The monoisotopic (exact) mass is 261 g/mol. The Morgan fingerprint density at radius 1 is 1.11 bits per heavy atom. The number of hydrogen-bond acceptors (Lipinski definition) is 5. The lowest BCUT2D eigenvalue weighted by molar-refractivity contribution is 0.107. The van der Waals surface area contributed by atoms with Crippen molar-refractivity contribution < 1.29 is 0 Å². The second-order valence-electron chi connectivity index (χ2n) is 5.41. The van der Waals surface area contributed by atoms with Gasteiger partial charge in [-0.3, -0.25) is 4.90 Å². The summed E-state index contributed by atoms with van der Waals surface area (Å²) in [6.45, 7) is 10.5. The molecular weight excluding hydrogens is 238 g/mol. The summed E-state index contributed by atoms with van der Waals surface area (Å²) < 4.78 is 0. The summed E-state index contributed by atoms with van der Waals surface area (Å²) in [6, 6.07) is 2.56. The zero-order chi connectivity index (χ0) is 13.1. The van der Waals surface area contributed by atoms with Crippen LogP contribution in [0.4, 0.5) is 5.95 Å². The minimum Gasteiger partial charge on any atom is -0.339 e. The van der Waals surface area contributed by atoms with Crippen molar-refractivity contribution in [1.29, 1.82) is 0 Å². The van der Waals surface area contributed by atoms with Crippen LogP contribution >= 0.6 is 0 Å². The van der Waals surface area contributed by atoms with Crippen LogP contribution in [0.25, 0.3) is 0 Å². The first-order valence-electron chi connectivity index (χ1n) is 7.35. The standard InChI is InChI=1S/C14H23N5/c1-2-17-8-10-18(11-9-17)13-4-7-19(12-13)14-15-5-3-6-16-14/h3,5-6,13H,2,4,7-12H2,1H3. The van der Waals surface area contributed by atoms with Gasteiger partial charge in [-0.15, -0.1) is 0 Å². The van der Waals surface area contributed by atoms with Crippen LogP contribution in [0.3, 0.4) is 0 Å². The molecule has 5 nitrogen and oxygen atoms in total. The van der Waals surface area contributed by atoms with E-state index in [1.54, 1.807) is 0 Å². The molecular formula is C14H23N5. The summed E-state index contributed by atoms with van der Waals surface area (Å²) >= 11 is 0. The summed E-state index contributed by atoms with van der Waals surface area (Å²) in [4.78, 5) is 16.2. The van der Waals surface area contributed by atoms with Gasteiger partial charge < -0.3 is 9.80 Å². The lowest BCUT2D eigenvalue weighted by Gasteiger charge is -2.37. The van der Waals surface area contributed by atoms with Gasteiger partial charge in [0.25, 0.3) is 0 Å². The second-order valence-corrected chi connectivity index (χ2v) is 5.41. The summed E-state index contributed by atoms with van der Waals surface area (Å²) in [5.74, 6) is 0.886. The summed E-state index contributed by atoms with van der Waals surface area (Å²) in [5, 5.41) is 0. The molecule has 1 atom stereocenters. The maximum absolute atomic E-state index is 4.35. The third-order valence-corrected chi connectivity index (χ3v) is 4.37. The molecule has 0 spiro atoms. The Bertz CT molecular complexity index is 388. The topological polar surface area (TPSA) is 35.5 Å². The Labute approximate surface area is 115 Å². The highest BCUT2D eigenvalue weighted by Crippen LogP contribution is 2.20. The fourth-order valence-corrected chi connectivity index (χ4v) is 3.12. The molecule has 2 fully saturated rings. The Balaban J connectivity index is 1.55. The van der Waals surface area contributed by atoms with Gasteiger partial charge in [0.05, 0.1) is 0 Å². The van der Waals surface area contributed by atoms with E-state index in [0.717, 1.165) is 19.0 Å². The van der Waals surface area contributed by atoms with Crippen molar-refractivity contribution >= 4 is 5.95 Å². The van der Waals surface area contributed by atoms with Gasteiger partial charge in [0, 0.05) is 57.7 Å². The molecule has 0 N–H and O–H groups in total. The van der Waals surface area contributed by atoms with Crippen LogP contribution in [0.5, 0.6) is 0 Å². The first kappa shape index (κ1) is 12.8. The third kappa shape index (κ3) is 2.87. The van der Waals surface area contributed by atoms with Crippen molar-refractivity contribution in [2.24, 2.45) is 0 Å². The van der Waals surface area contributed by atoms with Gasteiger partial charge >= 0.3 is 0 Å². The highest BCUT2D eigenvalue weighted by atomic mass is 15.3. The number of anilines is 1. The van der Waals surface area contributed by atoms with E-state index in [1.807, 2.05) is 18.5 Å². The number of likely N-dealkylation sites (N-methyl/N-ethyl adjacent to an activating group) is 1. The number of aromatic nitrogens is 2. The van der Waals surface area contributed by atoms with E-state index >= 15 is 0 Å². The Morgan fingerprint density at radius 3 is 2.53 bits per heavy atom. The number of rotatable bonds is 3. The molecule has 5 heteroatoms. The molecule has 19 heavy (non-hydrogen) atoms. The normalized spacial score (nSPS) is 25.9. The molecule has 0 radical (unpaired) electrons. The van der Waals surface area contributed by atoms with Gasteiger partial charge in [0.2, 0.25) is 5.95 Å². The van der Waals surface area contributed by atoms with Crippen LogP contribution in [0.1, 0.15) is 13.3 Å². The molecule has 0 aliphatic carbocycles. The largest absolute Gasteiger partial charge is 0.339 e.